The molecule has 0 aliphatic heterocycles. The first-order valence-corrected chi connectivity index (χ1v) is 4.03. The summed E-state index contributed by atoms with van der Waals surface area (Å²) in [5, 5.41) is 1.20. The fourth-order valence-electron chi connectivity index (χ4n) is 0.827. The van der Waals surface area contributed by atoms with Crippen molar-refractivity contribution in [1.29, 1.82) is 0 Å². The molecule has 0 bridgehead atoms. The van der Waals surface area contributed by atoms with Crippen LogP contribution in [0.3, 0.4) is 0 Å². The molecule has 0 rings (SSSR count). The summed E-state index contributed by atoms with van der Waals surface area (Å²) in [6.45, 7) is 12.6. The molecule has 0 atom stereocenters. The van der Waals surface area contributed by atoms with E-state index in [1.807, 2.05) is 0 Å². The van der Waals surface area contributed by atoms with Crippen LogP contribution in [0, 0.1) is 0 Å². The van der Waals surface area contributed by atoms with Crippen molar-refractivity contribution >= 4 is 0 Å². The van der Waals surface area contributed by atoms with Gasteiger partial charge in [-0.1, -0.05) is 0 Å². The van der Waals surface area contributed by atoms with Crippen LogP contribution in [0.4, 0.5) is 0 Å². The van der Waals surface area contributed by atoms with Crippen molar-refractivity contribution in [2.24, 2.45) is 0 Å². The van der Waals surface area contributed by atoms with Crippen molar-refractivity contribution < 1.29 is 9.90 Å². The van der Waals surface area contributed by atoms with Gasteiger partial charge >= 0.3 is 0 Å². The van der Waals surface area contributed by atoms with Crippen molar-refractivity contribution in [2.75, 3.05) is 13.1 Å². The third-order valence-corrected chi connectivity index (χ3v) is 1.24. The number of hydrogen-bond acceptors (Lipinski definition) is 1. The predicted molar refractivity (Wildman–Crippen MR) is 42.9 cm³/mol. The lowest BCUT2D eigenvalue weighted by molar-refractivity contribution is -1.10. The quantitative estimate of drug-likeness (QED) is 0.577. The van der Waals surface area contributed by atoms with E-state index in [2.05, 4.69) is 34.6 Å². The van der Waals surface area contributed by atoms with Crippen LogP contribution in [0.25, 0.3) is 0 Å². The van der Waals surface area contributed by atoms with E-state index < -0.39 is 0 Å². The summed E-state index contributed by atoms with van der Waals surface area (Å²) in [7, 11) is 0. The second kappa shape index (κ2) is 3.94. The number of hydrogen-bond donors (Lipinski definition) is 1. The monoisotopic (exact) mass is 146 g/mol. The van der Waals surface area contributed by atoms with Gasteiger partial charge in [-0.2, -0.15) is 9.90 Å². The van der Waals surface area contributed by atoms with Gasteiger partial charge in [0.1, 0.15) is 18.7 Å². The molecule has 0 spiro atoms. The summed E-state index contributed by atoms with van der Waals surface area (Å²) in [5.41, 5.74) is -0.0125. The molecule has 0 aromatic rings. The zero-order valence-electron chi connectivity index (χ0n) is 7.82. The zero-order valence-corrected chi connectivity index (χ0v) is 7.82. The molecule has 10 heavy (non-hydrogen) atoms. The van der Waals surface area contributed by atoms with Gasteiger partial charge < -0.3 is 0 Å². The molecular weight excluding hydrogens is 126 g/mol. The van der Waals surface area contributed by atoms with Crippen LogP contribution >= 0.6 is 0 Å². The SMILES string of the molecule is CC[NH+](CC)OC(C)(C)C. The molecule has 0 heterocycles. The second-order valence-corrected chi connectivity index (χ2v) is 3.46. The first-order chi connectivity index (χ1) is 4.49. The van der Waals surface area contributed by atoms with Crippen molar-refractivity contribution in [3.63, 3.8) is 0 Å². The Balaban J connectivity index is 3.63. The Morgan fingerprint density at radius 3 is 1.60 bits per heavy atom. The summed E-state index contributed by atoms with van der Waals surface area (Å²) in [6.07, 6.45) is 0. The predicted octanol–water partition coefficient (Wildman–Crippen LogP) is 0.641. The lowest BCUT2D eigenvalue weighted by atomic mass is 10.2. The van der Waals surface area contributed by atoms with E-state index in [-0.39, 0.29) is 5.60 Å². The molecule has 0 aromatic carbocycles. The molecule has 2 nitrogen and oxygen atoms in total. The summed E-state index contributed by atoms with van der Waals surface area (Å²) in [6, 6.07) is 0. The van der Waals surface area contributed by atoms with E-state index >= 15 is 0 Å². The maximum atomic E-state index is 5.65. The summed E-state index contributed by atoms with van der Waals surface area (Å²) in [5.74, 6) is 0. The molecule has 0 aliphatic carbocycles. The fourth-order valence-corrected chi connectivity index (χ4v) is 0.827. The molecule has 0 saturated carbocycles. The van der Waals surface area contributed by atoms with Crippen LogP contribution in [0.1, 0.15) is 34.6 Å². The summed E-state index contributed by atoms with van der Waals surface area (Å²) < 4.78 is 0. The van der Waals surface area contributed by atoms with Gasteiger partial charge in [-0.25, -0.2) is 0 Å². The average Bonchev–Trinajstić information content (AvgIpc) is 1.81. The Labute approximate surface area is 64.1 Å². The summed E-state index contributed by atoms with van der Waals surface area (Å²) >= 11 is 0. The maximum absolute atomic E-state index is 5.65. The molecule has 0 radical (unpaired) electrons. The minimum atomic E-state index is -0.0125. The van der Waals surface area contributed by atoms with Crippen LogP contribution in [0.5, 0.6) is 0 Å². The van der Waals surface area contributed by atoms with Crippen LogP contribution in [-0.4, -0.2) is 18.7 Å². The van der Waals surface area contributed by atoms with Crippen molar-refractivity contribution in [2.45, 2.75) is 40.2 Å². The topological polar surface area (TPSA) is 13.7 Å². The Morgan fingerprint density at radius 1 is 1.10 bits per heavy atom. The minimum Gasteiger partial charge on any atom is -0.199 e. The van der Waals surface area contributed by atoms with Gasteiger partial charge in [-0.15, -0.1) is 0 Å². The highest BCUT2D eigenvalue weighted by Crippen LogP contribution is 2.00. The Bertz CT molecular complexity index is 81.7. The minimum absolute atomic E-state index is 0.0125. The Morgan fingerprint density at radius 2 is 1.50 bits per heavy atom. The molecule has 0 unspecified atom stereocenters. The molecule has 62 valence electrons. The largest absolute Gasteiger partial charge is 0.199 e. The highest BCUT2D eigenvalue weighted by molar-refractivity contribution is 4.53. The molecule has 0 aromatic heterocycles. The highest BCUT2D eigenvalue weighted by Gasteiger charge is 2.17. The number of nitrogens with one attached hydrogen (secondary N) is 1. The zero-order chi connectivity index (χ0) is 8.20. The van der Waals surface area contributed by atoms with Crippen LogP contribution in [0.15, 0.2) is 0 Å². The standard InChI is InChI=1S/C8H19NO/c1-6-9(7-2)10-8(3,4)5/h6-7H2,1-5H3/p+1. The highest BCUT2D eigenvalue weighted by atomic mass is 16.7. The average molecular weight is 146 g/mol. The van der Waals surface area contributed by atoms with E-state index in [9.17, 15) is 0 Å². The van der Waals surface area contributed by atoms with E-state index in [4.69, 9.17) is 4.84 Å². The molecule has 2 heteroatoms. The number of quaternary nitrogens is 1. The van der Waals surface area contributed by atoms with E-state index in [1.54, 1.807) is 0 Å². The Hall–Kier alpha value is -0.0800. The maximum Gasteiger partial charge on any atom is 0.119 e. The molecule has 1 N–H and O–H groups in total. The number of rotatable bonds is 3. The lowest BCUT2D eigenvalue weighted by Crippen LogP contribution is -3.11. The van der Waals surface area contributed by atoms with Crippen LogP contribution < -0.4 is 5.06 Å². The fraction of sp³-hybridized carbons (Fsp3) is 1.00. The molecule has 0 saturated heterocycles. The lowest BCUT2D eigenvalue weighted by Gasteiger charge is -2.23. The normalized spacial score (nSPS) is 12.6. The van der Waals surface area contributed by atoms with Gasteiger partial charge in [0.2, 0.25) is 0 Å². The number of hydroxylamine groups is 2. The van der Waals surface area contributed by atoms with Gasteiger partial charge in [0, 0.05) is 0 Å². The third kappa shape index (κ3) is 4.77. The van der Waals surface area contributed by atoms with Gasteiger partial charge in [0.25, 0.3) is 0 Å². The first-order valence-electron chi connectivity index (χ1n) is 4.03. The molecule has 0 aliphatic rings. The molecular formula is C8H20NO+. The van der Waals surface area contributed by atoms with Crippen molar-refractivity contribution in [3.8, 4) is 0 Å². The van der Waals surface area contributed by atoms with Gasteiger partial charge in [-0.3, -0.25) is 0 Å². The Kier molecular flexibility index (Phi) is 3.91. The van der Waals surface area contributed by atoms with Crippen molar-refractivity contribution in [1.82, 2.24) is 0 Å². The summed E-state index contributed by atoms with van der Waals surface area (Å²) in [4.78, 5) is 5.65. The van der Waals surface area contributed by atoms with Gasteiger partial charge in [0.15, 0.2) is 0 Å². The molecule has 0 amide bonds. The second-order valence-electron chi connectivity index (χ2n) is 3.46. The van der Waals surface area contributed by atoms with Crippen LogP contribution in [-0.2, 0) is 4.84 Å². The van der Waals surface area contributed by atoms with Gasteiger partial charge in [-0.05, 0) is 34.6 Å². The van der Waals surface area contributed by atoms with E-state index in [0.717, 1.165) is 13.1 Å². The van der Waals surface area contributed by atoms with E-state index in [0.29, 0.717) is 0 Å². The smallest absolute Gasteiger partial charge is 0.119 e. The first kappa shape index (κ1) is 9.92. The van der Waals surface area contributed by atoms with E-state index in [1.165, 1.54) is 5.06 Å². The molecule has 0 fully saturated rings. The third-order valence-electron chi connectivity index (χ3n) is 1.24. The van der Waals surface area contributed by atoms with Gasteiger partial charge in [0.05, 0.1) is 0 Å². The van der Waals surface area contributed by atoms with Crippen molar-refractivity contribution in [3.05, 3.63) is 0 Å². The van der Waals surface area contributed by atoms with Crippen LogP contribution in [0.2, 0.25) is 0 Å².